The fraction of sp³-hybridized carbons (Fsp3) is 0.350. The second-order valence-corrected chi connectivity index (χ2v) is 7.04. The predicted octanol–water partition coefficient (Wildman–Crippen LogP) is 4.13. The number of fused-ring (bicyclic) bond motifs is 1. The van der Waals surface area contributed by atoms with Gasteiger partial charge in [-0.05, 0) is 55.4 Å². The van der Waals surface area contributed by atoms with E-state index in [9.17, 15) is 10.1 Å². The fourth-order valence-electron chi connectivity index (χ4n) is 3.24. The highest BCUT2D eigenvalue weighted by molar-refractivity contribution is 8.00. The summed E-state index contributed by atoms with van der Waals surface area (Å²) in [6.07, 6.45) is 5.10. The minimum atomic E-state index is -0.0855. The largest absolute Gasteiger partial charge is 0.325 e. The Kier molecular flexibility index (Phi) is 5.72. The van der Waals surface area contributed by atoms with Gasteiger partial charge in [-0.3, -0.25) is 4.79 Å². The first-order valence-corrected chi connectivity index (χ1v) is 9.64. The zero-order chi connectivity index (χ0) is 17.6. The molecule has 0 aliphatic heterocycles. The van der Waals surface area contributed by atoms with Crippen molar-refractivity contribution < 1.29 is 4.79 Å². The van der Waals surface area contributed by atoms with Gasteiger partial charge in [0.2, 0.25) is 5.91 Å². The molecule has 1 heterocycles. The number of para-hydroxylation sites is 1. The van der Waals surface area contributed by atoms with E-state index in [4.69, 9.17) is 4.98 Å². The highest BCUT2D eigenvalue weighted by Gasteiger charge is 2.22. The van der Waals surface area contributed by atoms with Gasteiger partial charge in [0.15, 0.2) is 0 Å². The summed E-state index contributed by atoms with van der Waals surface area (Å²) in [6, 6.07) is 11.7. The quantitative estimate of drug-likeness (QED) is 0.823. The Morgan fingerprint density at radius 2 is 1.96 bits per heavy atom. The van der Waals surface area contributed by atoms with Crippen molar-refractivity contribution in [3.8, 4) is 6.07 Å². The summed E-state index contributed by atoms with van der Waals surface area (Å²) >= 11 is 1.36. The summed E-state index contributed by atoms with van der Waals surface area (Å²) in [5.74, 6) is 0.163. The first-order chi connectivity index (χ1) is 12.2. The van der Waals surface area contributed by atoms with Crippen LogP contribution in [0.25, 0.3) is 0 Å². The van der Waals surface area contributed by atoms with Gasteiger partial charge in [0, 0.05) is 11.4 Å². The Bertz CT molecular complexity index is 812. The summed E-state index contributed by atoms with van der Waals surface area (Å²) in [5, 5.41) is 13.2. The lowest BCUT2D eigenvalue weighted by Crippen LogP contribution is -2.15. The van der Waals surface area contributed by atoms with Crippen LogP contribution in [-0.4, -0.2) is 16.6 Å². The van der Waals surface area contributed by atoms with E-state index < -0.39 is 0 Å². The molecule has 5 heteroatoms. The zero-order valence-electron chi connectivity index (χ0n) is 14.3. The first-order valence-electron chi connectivity index (χ1n) is 8.65. The Balaban J connectivity index is 1.78. The molecule has 1 aliphatic rings. The molecule has 0 saturated carbocycles. The van der Waals surface area contributed by atoms with Crippen molar-refractivity contribution in [3.05, 3.63) is 52.7 Å². The van der Waals surface area contributed by atoms with Crippen molar-refractivity contribution in [3.63, 3.8) is 0 Å². The van der Waals surface area contributed by atoms with Gasteiger partial charge >= 0.3 is 0 Å². The minimum absolute atomic E-state index is 0.0855. The number of nitrogens with one attached hydrogen (secondary N) is 1. The number of rotatable bonds is 5. The van der Waals surface area contributed by atoms with Crippen LogP contribution in [0.1, 0.15) is 42.1 Å². The van der Waals surface area contributed by atoms with Crippen molar-refractivity contribution in [2.75, 3.05) is 11.1 Å². The van der Waals surface area contributed by atoms with Crippen LogP contribution in [0.15, 0.2) is 35.4 Å². The van der Waals surface area contributed by atoms with Crippen LogP contribution in [0.3, 0.4) is 0 Å². The average Bonchev–Trinajstić information content (AvgIpc) is 2.66. The molecule has 1 N–H and O–H groups in total. The second kappa shape index (κ2) is 8.17. The van der Waals surface area contributed by atoms with Crippen LogP contribution in [-0.2, 0) is 24.1 Å². The van der Waals surface area contributed by atoms with E-state index in [1.54, 1.807) is 0 Å². The van der Waals surface area contributed by atoms with E-state index in [1.807, 2.05) is 30.3 Å². The lowest BCUT2D eigenvalue weighted by atomic mass is 9.87. The molecule has 2 aromatic rings. The van der Waals surface area contributed by atoms with Crippen molar-refractivity contribution in [1.82, 2.24) is 4.98 Å². The molecule has 1 aliphatic carbocycles. The van der Waals surface area contributed by atoms with Crippen LogP contribution in [0.5, 0.6) is 0 Å². The highest BCUT2D eigenvalue weighted by atomic mass is 32.2. The molecule has 0 fully saturated rings. The number of thioether (sulfide) groups is 1. The van der Waals surface area contributed by atoms with Crippen LogP contribution >= 0.6 is 11.8 Å². The summed E-state index contributed by atoms with van der Waals surface area (Å²) in [6.45, 7) is 2.10. The molecule has 0 radical (unpaired) electrons. The number of anilines is 1. The molecular formula is C20H21N3OS. The number of aryl methyl sites for hydroxylation is 1. The summed E-state index contributed by atoms with van der Waals surface area (Å²) in [4.78, 5) is 16.9. The monoisotopic (exact) mass is 351 g/mol. The zero-order valence-corrected chi connectivity index (χ0v) is 15.2. The third kappa shape index (κ3) is 4.02. The molecule has 128 valence electrons. The van der Waals surface area contributed by atoms with Crippen molar-refractivity contribution in [2.45, 2.75) is 44.1 Å². The molecule has 3 rings (SSSR count). The van der Waals surface area contributed by atoms with E-state index >= 15 is 0 Å². The molecule has 25 heavy (non-hydrogen) atoms. The number of aromatic nitrogens is 1. The lowest BCUT2D eigenvalue weighted by Gasteiger charge is -2.21. The average molecular weight is 351 g/mol. The van der Waals surface area contributed by atoms with E-state index in [0.717, 1.165) is 42.6 Å². The van der Waals surface area contributed by atoms with E-state index in [2.05, 4.69) is 18.3 Å². The number of hydrogen-bond donors (Lipinski definition) is 1. The predicted molar refractivity (Wildman–Crippen MR) is 101 cm³/mol. The molecule has 0 atom stereocenters. The topological polar surface area (TPSA) is 65.8 Å². The van der Waals surface area contributed by atoms with Gasteiger partial charge in [-0.2, -0.15) is 5.26 Å². The first kappa shape index (κ1) is 17.5. The fourth-order valence-corrected chi connectivity index (χ4v) is 4.07. The van der Waals surface area contributed by atoms with Gasteiger partial charge in [-0.1, -0.05) is 36.9 Å². The van der Waals surface area contributed by atoms with Crippen LogP contribution in [0, 0.1) is 11.3 Å². The minimum Gasteiger partial charge on any atom is -0.325 e. The van der Waals surface area contributed by atoms with Gasteiger partial charge in [0.05, 0.1) is 11.3 Å². The van der Waals surface area contributed by atoms with Gasteiger partial charge in [-0.15, -0.1) is 0 Å². The number of carbonyl (C=O) groups excluding carboxylic acids is 1. The van der Waals surface area contributed by atoms with Gasteiger partial charge in [-0.25, -0.2) is 4.98 Å². The van der Waals surface area contributed by atoms with Crippen molar-refractivity contribution in [2.24, 2.45) is 0 Å². The number of benzene rings is 1. The molecule has 1 aromatic carbocycles. The third-order valence-electron chi connectivity index (χ3n) is 4.41. The number of amides is 1. The van der Waals surface area contributed by atoms with E-state index in [0.29, 0.717) is 10.6 Å². The number of nitriles is 1. The molecule has 0 spiro atoms. The number of pyridine rings is 1. The molecular weight excluding hydrogens is 330 g/mol. The number of hydrogen-bond acceptors (Lipinski definition) is 4. The maximum absolute atomic E-state index is 12.2. The van der Waals surface area contributed by atoms with Crippen LogP contribution in [0.4, 0.5) is 5.69 Å². The Labute approximate surface area is 152 Å². The second-order valence-electron chi connectivity index (χ2n) is 6.07. The Morgan fingerprint density at radius 1 is 1.24 bits per heavy atom. The van der Waals surface area contributed by atoms with Crippen LogP contribution < -0.4 is 5.32 Å². The molecule has 4 nitrogen and oxygen atoms in total. The molecule has 1 aromatic heterocycles. The van der Waals surface area contributed by atoms with Crippen LogP contribution in [0.2, 0.25) is 0 Å². The van der Waals surface area contributed by atoms with Crippen molar-refractivity contribution >= 4 is 23.4 Å². The third-order valence-corrected chi connectivity index (χ3v) is 5.39. The lowest BCUT2D eigenvalue weighted by molar-refractivity contribution is -0.113. The number of nitrogens with zero attached hydrogens (tertiary/aromatic N) is 2. The van der Waals surface area contributed by atoms with Gasteiger partial charge in [0.25, 0.3) is 0 Å². The summed E-state index contributed by atoms with van der Waals surface area (Å²) < 4.78 is 0. The van der Waals surface area contributed by atoms with Gasteiger partial charge < -0.3 is 5.32 Å². The Morgan fingerprint density at radius 3 is 2.64 bits per heavy atom. The van der Waals surface area contributed by atoms with Crippen molar-refractivity contribution in [1.29, 1.82) is 5.26 Å². The standard InChI is InChI=1S/C20H21N3OS/c1-2-18-16-11-7-6-10-15(16)17(12-21)20(23-18)25-13-19(24)22-14-8-4-3-5-9-14/h3-5,8-9H,2,6-7,10-11,13H2,1H3,(H,22,24). The summed E-state index contributed by atoms with van der Waals surface area (Å²) in [5.41, 5.74) is 4.96. The normalized spacial score (nSPS) is 13.0. The Hall–Kier alpha value is -2.32. The van der Waals surface area contributed by atoms with E-state index in [-0.39, 0.29) is 11.7 Å². The smallest absolute Gasteiger partial charge is 0.234 e. The molecule has 1 amide bonds. The maximum atomic E-state index is 12.2. The van der Waals surface area contributed by atoms with Gasteiger partial charge in [0.1, 0.15) is 11.1 Å². The summed E-state index contributed by atoms with van der Waals surface area (Å²) in [7, 11) is 0. The SMILES string of the molecule is CCc1nc(SCC(=O)Nc2ccccc2)c(C#N)c2c1CCCC2. The molecule has 0 bridgehead atoms. The maximum Gasteiger partial charge on any atom is 0.234 e. The molecule has 0 saturated heterocycles. The highest BCUT2D eigenvalue weighted by Crippen LogP contribution is 2.32. The van der Waals surface area contributed by atoms with E-state index in [1.165, 1.54) is 23.7 Å². The molecule has 0 unspecified atom stereocenters. The number of carbonyl (C=O) groups is 1.